The molecule has 7 nitrogen and oxygen atoms in total. The molecule has 0 N–H and O–H groups in total. The second-order valence-corrected chi connectivity index (χ2v) is 6.82. The van der Waals surface area contributed by atoms with Crippen LogP contribution < -0.4 is 5.56 Å². The summed E-state index contributed by atoms with van der Waals surface area (Å²) in [6.45, 7) is 1.64. The normalized spacial score (nSPS) is 11.0. The van der Waals surface area contributed by atoms with Crippen LogP contribution in [0.3, 0.4) is 0 Å². The molecule has 3 heterocycles. The minimum Gasteiger partial charge on any atom is -0.455 e. The van der Waals surface area contributed by atoms with Crippen LogP contribution in [0.2, 0.25) is 4.34 Å². The van der Waals surface area contributed by atoms with Crippen LogP contribution in [0, 0.1) is 6.92 Å². The van der Waals surface area contributed by atoms with Gasteiger partial charge in [-0.15, -0.1) is 16.4 Å². The van der Waals surface area contributed by atoms with E-state index in [1.165, 1.54) is 10.9 Å². The highest BCUT2D eigenvalue weighted by Gasteiger charge is 2.20. The van der Waals surface area contributed by atoms with Gasteiger partial charge in [0, 0.05) is 18.6 Å². The molecule has 0 aliphatic carbocycles. The molecule has 0 atom stereocenters. The number of aryl methyl sites for hydroxylation is 2. The van der Waals surface area contributed by atoms with Gasteiger partial charge in [0.15, 0.2) is 0 Å². The molecular weight excluding hydrogens is 348 g/mol. The molecule has 114 valence electrons. The van der Waals surface area contributed by atoms with E-state index in [0.717, 1.165) is 22.9 Å². The first-order chi connectivity index (χ1) is 10.5. The van der Waals surface area contributed by atoms with Crippen LogP contribution in [-0.4, -0.2) is 25.1 Å². The summed E-state index contributed by atoms with van der Waals surface area (Å²) in [6, 6.07) is 0. The van der Waals surface area contributed by atoms with E-state index in [1.807, 2.05) is 0 Å². The van der Waals surface area contributed by atoms with Crippen LogP contribution >= 0.6 is 34.5 Å². The Labute approximate surface area is 137 Å². The molecule has 3 aromatic heterocycles. The SMILES string of the molecule is Cc1c(C(=O)OCc2nnsc2Cl)sc2ncn(C)c(=O)c12. The van der Waals surface area contributed by atoms with Crippen molar-refractivity contribution in [2.24, 2.45) is 7.05 Å². The molecular formula is C12H9ClN4O3S2. The van der Waals surface area contributed by atoms with E-state index < -0.39 is 5.97 Å². The Morgan fingerprint density at radius 1 is 1.50 bits per heavy atom. The minimum atomic E-state index is -0.536. The summed E-state index contributed by atoms with van der Waals surface area (Å²) < 4.78 is 10.6. The van der Waals surface area contributed by atoms with E-state index in [0.29, 0.717) is 30.7 Å². The lowest BCUT2D eigenvalue weighted by molar-refractivity contribution is 0.0473. The molecule has 22 heavy (non-hydrogen) atoms. The number of thiophene rings is 1. The highest BCUT2D eigenvalue weighted by Crippen LogP contribution is 2.28. The maximum atomic E-state index is 12.2. The Balaban J connectivity index is 1.91. The van der Waals surface area contributed by atoms with Crippen LogP contribution in [0.1, 0.15) is 20.9 Å². The second-order valence-electron chi connectivity index (χ2n) is 4.47. The molecule has 0 amide bonds. The monoisotopic (exact) mass is 356 g/mol. The Morgan fingerprint density at radius 2 is 2.27 bits per heavy atom. The van der Waals surface area contributed by atoms with Gasteiger partial charge in [-0.2, -0.15) is 0 Å². The van der Waals surface area contributed by atoms with Crippen molar-refractivity contribution in [2.75, 3.05) is 0 Å². The molecule has 0 unspecified atom stereocenters. The number of carbonyl (C=O) groups excluding carboxylic acids is 1. The van der Waals surface area contributed by atoms with Gasteiger partial charge in [-0.1, -0.05) is 16.1 Å². The molecule has 0 bridgehead atoms. The lowest BCUT2D eigenvalue weighted by atomic mass is 10.2. The molecule has 0 saturated heterocycles. The second kappa shape index (κ2) is 5.75. The summed E-state index contributed by atoms with van der Waals surface area (Å²) >= 11 is 8.01. The first kappa shape index (κ1) is 15.1. The van der Waals surface area contributed by atoms with Crippen molar-refractivity contribution in [3.63, 3.8) is 0 Å². The Morgan fingerprint density at radius 3 is 2.95 bits per heavy atom. The molecule has 0 fully saturated rings. The molecule has 3 aromatic rings. The maximum Gasteiger partial charge on any atom is 0.349 e. The zero-order chi connectivity index (χ0) is 15.9. The quantitative estimate of drug-likeness (QED) is 0.668. The summed E-state index contributed by atoms with van der Waals surface area (Å²) in [7, 11) is 1.61. The van der Waals surface area contributed by atoms with Gasteiger partial charge in [0.1, 0.15) is 26.3 Å². The van der Waals surface area contributed by atoms with Crippen molar-refractivity contribution < 1.29 is 9.53 Å². The topological polar surface area (TPSA) is 87.0 Å². The number of esters is 1. The number of fused-ring (bicyclic) bond motifs is 1. The summed E-state index contributed by atoms with van der Waals surface area (Å²) in [5.74, 6) is -0.536. The molecule has 0 spiro atoms. The zero-order valence-electron chi connectivity index (χ0n) is 11.5. The van der Waals surface area contributed by atoms with Crippen LogP contribution in [0.4, 0.5) is 0 Å². The van der Waals surface area contributed by atoms with Gasteiger partial charge in [-0.05, 0) is 12.5 Å². The number of carbonyl (C=O) groups is 1. The number of ether oxygens (including phenoxy) is 1. The van der Waals surface area contributed by atoms with E-state index >= 15 is 0 Å². The summed E-state index contributed by atoms with van der Waals surface area (Å²) in [5.41, 5.74) is 0.790. The van der Waals surface area contributed by atoms with Gasteiger partial charge in [-0.3, -0.25) is 4.79 Å². The van der Waals surface area contributed by atoms with Gasteiger partial charge in [-0.25, -0.2) is 9.78 Å². The fourth-order valence-corrected chi connectivity index (χ4v) is 3.52. The average molecular weight is 357 g/mol. The van der Waals surface area contributed by atoms with Crippen LogP contribution in [0.25, 0.3) is 10.2 Å². The number of hydrogen-bond donors (Lipinski definition) is 0. The van der Waals surface area contributed by atoms with Crippen molar-refractivity contribution in [1.82, 2.24) is 19.1 Å². The zero-order valence-corrected chi connectivity index (χ0v) is 13.9. The maximum absolute atomic E-state index is 12.2. The highest BCUT2D eigenvalue weighted by molar-refractivity contribution is 7.20. The molecule has 0 aliphatic rings. The van der Waals surface area contributed by atoms with Gasteiger partial charge in [0.2, 0.25) is 0 Å². The van der Waals surface area contributed by atoms with E-state index in [2.05, 4.69) is 14.6 Å². The molecule has 3 rings (SSSR count). The third-order valence-electron chi connectivity index (χ3n) is 3.05. The number of hydrogen-bond acceptors (Lipinski definition) is 8. The van der Waals surface area contributed by atoms with Crippen LogP contribution in [-0.2, 0) is 18.4 Å². The van der Waals surface area contributed by atoms with Gasteiger partial charge in [0.25, 0.3) is 5.56 Å². The van der Waals surface area contributed by atoms with E-state index in [1.54, 1.807) is 14.0 Å². The molecule has 0 aliphatic heterocycles. The molecule has 10 heteroatoms. The lowest BCUT2D eigenvalue weighted by Crippen LogP contribution is -2.16. The summed E-state index contributed by atoms with van der Waals surface area (Å²) in [4.78, 5) is 29.3. The standard InChI is InChI=1S/C12H9ClN4O3S2/c1-5-7-10(14-4-17(2)11(7)18)21-8(5)12(19)20-3-6-9(13)22-16-15-6/h4H,3H2,1-2H3. The van der Waals surface area contributed by atoms with Crippen LogP contribution in [0.5, 0.6) is 0 Å². The number of halogens is 1. The number of nitrogens with zero attached hydrogens (tertiary/aromatic N) is 4. The van der Waals surface area contributed by atoms with Crippen molar-refractivity contribution in [2.45, 2.75) is 13.5 Å². The molecule has 0 radical (unpaired) electrons. The van der Waals surface area contributed by atoms with Gasteiger partial charge < -0.3 is 9.30 Å². The fourth-order valence-electron chi connectivity index (χ4n) is 1.89. The molecule has 0 saturated carbocycles. The van der Waals surface area contributed by atoms with E-state index in [-0.39, 0.29) is 12.2 Å². The largest absolute Gasteiger partial charge is 0.455 e. The molecule has 0 aromatic carbocycles. The first-order valence-electron chi connectivity index (χ1n) is 6.07. The van der Waals surface area contributed by atoms with Crippen molar-refractivity contribution in [3.05, 3.63) is 37.2 Å². The third kappa shape index (κ3) is 2.51. The Kier molecular flexibility index (Phi) is 3.94. The highest BCUT2D eigenvalue weighted by atomic mass is 35.5. The van der Waals surface area contributed by atoms with E-state index in [4.69, 9.17) is 16.3 Å². The lowest BCUT2D eigenvalue weighted by Gasteiger charge is -2.01. The number of rotatable bonds is 3. The smallest absolute Gasteiger partial charge is 0.349 e. The Hall–Kier alpha value is -1.84. The summed E-state index contributed by atoms with van der Waals surface area (Å²) in [6.07, 6.45) is 1.43. The van der Waals surface area contributed by atoms with Crippen molar-refractivity contribution in [1.29, 1.82) is 0 Å². The fraction of sp³-hybridized carbons (Fsp3) is 0.250. The average Bonchev–Trinajstić information content (AvgIpc) is 3.05. The van der Waals surface area contributed by atoms with Crippen LogP contribution in [0.15, 0.2) is 11.1 Å². The first-order valence-corrected chi connectivity index (χ1v) is 8.04. The Bertz CT molecular complexity index is 930. The van der Waals surface area contributed by atoms with Gasteiger partial charge >= 0.3 is 5.97 Å². The van der Waals surface area contributed by atoms with Gasteiger partial charge in [0.05, 0.1) is 11.7 Å². The van der Waals surface area contributed by atoms with Crippen molar-refractivity contribution in [3.8, 4) is 0 Å². The minimum absolute atomic E-state index is 0.0622. The van der Waals surface area contributed by atoms with E-state index in [9.17, 15) is 9.59 Å². The summed E-state index contributed by atoms with van der Waals surface area (Å²) in [5, 5.41) is 4.21. The number of aromatic nitrogens is 4. The van der Waals surface area contributed by atoms with Crippen molar-refractivity contribution >= 4 is 50.7 Å². The predicted molar refractivity (Wildman–Crippen MR) is 83.6 cm³/mol. The predicted octanol–water partition coefficient (Wildman–Crippen LogP) is 2.17. The third-order valence-corrected chi connectivity index (χ3v) is 5.21.